The van der Waals surface area contributed by atoms with E-state index >= 15 is 0 Å². The Hall–Kier alpha value is -0.900. The van der Waals surface area contributed by atoms with Gasteiger partial charge in [0.1, 0.15) is 0 Å². The third-order valence-electron chi connectivity index (χ3n) is 4.56. The van der Waals surface area contributed by atoms with Gasteiger partial charge in [-0.1, -0.05) is 29.8 Å². The number of nitrogens with two attached hydrogens (primary N) is 1. The van der Waals surface area contributed by atoms with Gasteiger partial charge in [0.2, 0.25) is 0 Å². The van der Waals surface area contributed by atoms with E-state index in [0.29, 0.717) is 12.1 Å². The van der Waals surface area contributed by atoms with Gasteiger partial charge in [0.25, 0.3) is 0 Å². The summed E-state index contributed by atoms with van der Waals surface area (Å²) in [6.45, 7) is 6.56. The molecule has 20 heavy (non-hydrogen) atoms. The summed E-state index contributed by atoms with van der Waals surface area (Å²) in [6.07, 6.45) is 2.63. The van der Waals surface area contributed by atoms with Gasteiger partial charge in [-0.15, -0.1) is 0 Å². The van der Waals surface area contributed by atoms with Gasteiger partial charge < -0.3 is 10.6 Å². The van der Waals surface area contributed by atoms with Gasteiger partial charge in [-0.25, -0.2) is 0 Å². The third-order valence-corrected chi connectivity index (χ3v) is 4.56. The Kier molecular flexibility index (Phi) is 5.19. The van der Waals surface area contributed by atoms with Crippen molar-refractivity contribution in [2.24, 2.45) is 5.73 Å². The first-order valence-corrected chi connectivity index (χ1v) is 7.71. The number of likely N-dealkylation sites (N-methyl/N-ethyl adjacent to an activating group) is 2. The molecule has 3 heteroatoms. The summed E-state index contributed by atoms with van der Waals surface area (Å²) in [4.78, 5) is 4.91. The maximum absolute atomic E-state index is 6.26. The van der Waals surface area contributed by atoms with E-state index in [-0.39, 0.29) is 6.04 Å². The number of hydrogen-bond acceptors (Lipinski definition) is 3. The fraction of sp³-hybridized carbons (Fsp3) is 0.647. The molecule has 2 rings (SSSR count). The molecule has 0 bridgehead atoms. The van der Waals surface area contributed by atoms with Crippen molar-refractivity contribution in [3.8, 4) is 0 Å². The topological polar surface area (TPSA) is 32.5 Å². The number of benzene rings is 1. The summed E-state index contributed by atoms with van der Waals surface area (Å²) in [5.74, 6) is 0. The van der Waals surface area contributed by atoms with Crippen molar-refractivity contribution in [3.63, 3.8) is 0 Å². The minimum absolute atomic E-state index is 0.134. The van der Waals surface area contributed by atoms with Crippen LogP contribution in [0.3, 0.4) is 0 Å². The molecule has 0 aromatic heterocycles. The first kappa shape index (κ1) is 15.5. The van der Waals surface area contributed by atoms with Crippen molar-refractivity contribution < 1.29 is 0 Å². The van der Waals surface area contributed by atoms with Gasteiger partial charge in [0, 0.05) is 24.7 Å². The summed E-state index contributed by atoms with van der Waals surface area (Å²) < 4.78 is 0. The van der Waals surface area contributed by atoms with Crippen molar-refractivity contribution in [2.75, 3.05) is 27.2 Å². The van der Waals surface area contributed by atoms with Crippen LogP contribution in [-0.4, -0.2) is 49.1 Å². The van der Waals surface area contributed by atoms with Crippen LogP contribution in [0.15, 0.2) is 24.3 Å². The molecule has 1 aromatic carbocycles. The fourth-order valence-electron chi connectivity index (χ4n) is 3.38. The Balaban J connectivity index is 2.09. The Morgan fingerprint density at radius 3 is 2.50 bits per heavy atom. The van der Waals surface area contributed by atoms with Crippen LogP contribution in [0.4, 0.5) is 0 Å². The number of hydrogen-bond donors (Lipinski definition) is 1. The van der Waals surface area contributed by atoms with Gasteiger partial charge in [-0.2, -0.15) is 0 Å². The quantitative estimate of drug-likeness (QED) is 0.895. The normalized spacial score (nSPS) is 23.2. The summed E-state index contributed by atoms with van der Waals surface area (Å²) in [5, 5.41) is 0. The molecule has 0 spiro atoms. The van der Waals surface area contributed by atoms with Gasteiger partial charge in [0.15, 0.2) is 0 Å². The van der Waals surface area contributed by atoms with E-state index in [2.05, 4.69) is 62.0 Å². The van der Waals surface area contributed by atoms with Crippen molar-refractivity contribution in [1.82, 2.24) is 9.80 Å². The Morgan fingerprint density at radius 2 is 2.00 bits per heavy atom. The Bertz CT molecular complexity index is 413. The largest absolute Gasteiger partial charge is 0.326 e. The zero-order chi connectivity index (χ0) is 14.7. The molecule has 0 amide bonds. The molecule has 1 aromatic rings. The molecule has 0 radical (unpaired) electrons. The van der Waals surface area contributed by atoms with Crippen LogP contribution in [0.5, 0.6) is 0 Å². The second-order valence-corrected chi connectivity index (χ2v) is 6.43. The van der Waals surface area contributed by atoms with E-state index in [1.165, 1.54) is 30.5 Å². The number of likely N-dealkylation sites (tertiary alicyclic amines) is 1. The zero-order valence-corrected chi connectivity index (χ0v) is 13.3. The van der Waals surface area contributed by atoms with E-state index in [1.807, 2.05) is 0 Å². The minimum atomic E-state index is 0.134. The molecule has 0 aliphatic carbocycles. The highest BCUT2D eigenvalue weighted by atomic mass is 15.2. The van der Waals surface area contributed by atoms with E-state index in [9.17, 15) is 0 Å². The predicted molar refractivity (Wildman–Crippen MR) is 85.9 cm³/mol. The average molecular weight is 275 g/mol. The molecule has 1 heterocycles. The second kappa shape index (κ2) is 6.70. The molecule has 1 aliphatic heterocycles. The fourth-order valence-corrected chi connectivity index (χ4v) is 3.38. The van der Waals surface area contributed by atoms with E-state index in [1.54, 1.807) is 0 Å². The standard InChI is InChI=1S/C17H29N3/c1-13-7-9-15(10-8-13)17(14(2)18)20(4)12-16-6-5-11-19(16)3/h7-10,14,16-17H,5-6,11-12,18H2,1-4H3. The van der Waals surface area contributed by atoms with Crippen molar-refractivity contribution >= 4 is 0 Å². The molecule has 1 fully saturated rings. The maximum Gasteiger partial charge on any atom is 0.0494 e. The molecule has 3 atom stereocenters. The van der Waals surface area contributed by atoms with Crippen LogP contribution >= 0.6 is 0 Å². The van der Waals surface area contributed by atoms with E-state index in [0.717, 1.165) is 6.54 Å². The summed E-state index contributed by atoms with van der Waals surface area (Å²) >= 11 is 0. The highest BCUT2D eigenvalue weighted by molar-refractivity contribution is 5.25. The molecule has 2 N–H and O–H groups in total. The van der Waals surface area contributed by atoms with Crippen molar-refractivity contribution in [3.05, 3.63) is 35.4 Å². The average Bonchev–Trinajstić information content (AvgIpc) is 2.77. The molecule has 3 nitrogen and oxygen atoms in total. The summed E-state index contributed by atoms with van der Waals surface area (Å²) in [5.41, 5.74) is 8.89. The van der Waals surface area contributed by atoms with Crippen LogP contribution in [0.25, 0.3) is 0 Å². The van der Waals surface area contributed by atoms with E-state index < -0.39 is 0 Å². The molecule has 3 unspecified atom stereocenters. The van der Waals surface area contributed by atoms with Crippen LogP contribution in [0.1, 0.15) is 36.9 Å². The second-order valence-electron chi connectivity index (χ2n) is 6.43. The first-order valence-electron chi connectivity index (χ1n) is 7.71. The Labute approximate surface area is 123 Å². The number of rotatable bonds is 5. The number of nitrogens with zero attached hydrogens (tertiary/aromatic N) is 2. The Morgan fingerprint density at radius 1 is 1.35 bits per heavy atom. The molecule has 112 valence electrons. The first-order chi connectivity index (χ1) is 9.49. The van der Waals surface area contributed by atoms with Crippen LogP contribution in [0.2, 0.25) is 0 Å². The predicted octanol–water partition coefficient (Wildman–Crippen LogP) is 2.41. The molecular weight excluding hydrogens is 246 g/mol. The molecule has 1 aliphatic rings. The lowest BCUT2D eigenvalue weighted by atomic mass is 9.98. The summed E-state index contributed by atoms with van der Waals surface area (Å²) in [6, 6.07) is 9.91. The van der Waals surface area contributed by atoms with Crippen LogP contribution in [-0.2, 0) is 0 Å². The van der Waals surface area contributed by atoms with E-state index in [4.69, 9.17) is 5.73 Å². The van der Waals surface area contributed by atoms with Crippen LogP contribution < -0.4 is 5.73 Å². The molecular formula is C17H29N3. The van der Waals surface area contributed by atoms with Crippen molar-refractivity contribution in [1.29, 1.82) is 0 Å². The van der Waals surface area contributed by atoms with Gasteiger partial charge in [-0.05, 0) is 52.9 Å². The van der Waals surface area contributed by atoms with Gasteiger partial charge >= 0.3 is 0 Å². The SMILES string of the molecule is Cc1ccc(C(C(C)N)N(C)CC2CCCN2C)cc1. The molecule has 0 saturated carbocycles. The lowest BCUT2D eigenvalue weighted by molar-refractivity contribution is 0.163. The van der Waals surface area contributed by atoms with Crippen molar-refractivity contribution in [2.45, 2.75) is 44.8 Å². The highest BCUT2D eigenvalue weighted by Gasteiger charge is 2.27. The van der Waals surface area contributed by atoms with Gasteiger partial charge in [0.05, 0.1) is 0 Å². The molecule has 1 saturated heterocycles. The number of aryl methyl sites for hydroxylation is 1. The lowest BCUT2D eigenvalue weighted by Gasteiger charge is -2.35. The maximum atomic E-state index is 6.26. The zero-order valence-electron chi connectivity index (χ0n) is 13.3. The van der Waals surface area contributed by atoms with Crippen LogP contribution in [0, 0.1) is 6.92 Å². The summed E-state index contributed by atoms with van der Waals surface area (Å²) in [7, 11) is 4.44. The van der Waals surface area contributed by atoms with Gasteiger partial charge in [-0.3, -0.25) is 4.90 Å². The smallest absolute Gasteiger partial charge is 0.0494 e. The lowest BCUT2D eigenvalue weighted by Crippen LogP contribution is -2.43. The highest BCUT2D eigenvalue weighted by Crippen LogP contribution is 2.25. The monoisotopic (exact) mass is 275 g/mol. The third kappa shape index (κ3) is 3.60. The minimum Gasteiger partial charge on any atom is -0.326 e.